The number of anilines is 1. The van der Waals surface area contributed by atoms with E-state index >= 15 is 0 Å². The molecule has 1 N–H and O–H groups in total. The van der Waals surface area contributed by atoms with Crippen LogP contribution in [-0.4, -0.2) is 30.5 Å². The summed E-state index contributed by atoms with van der Waals surface area (Å²) in [5.74, 6) is -0.210. The molecule has 0 aliphatic rings. The molecule has 7 nitrogen and oxygen atoms in total. The average molecular weight is 443 g/mol. The number of hydrogen-bond donors (Lipinski definition) is 1. The second-order valence-corrected chi connectivity index (χ2v) is 8.77. The first-order valence-electron chi connectivity index (χ1n) is 10.4. The molecule has 32 heavy (non-hydrogen) atoms. The third-order valence-corrected chi connectivity index (χ3v) is 6.04. The van der Waals surface area contributed by atoms with Crippen molar-refractivity contribution in [1.82, 2.24) is 24.5 Å². The minimum absolute atomic E-state index is 0.130. The Morgan fingerprint density at radius 3 is 2.69 bits per heavy atom. The van der Waals surface area contributed by atoms with E-state index in [-0.39, 0.29) is 11.9 Å². The van der Waals surface area contributed by atoms with Crippen molar-refractivity contribution in [2.45, 2.75) is 26.4 Å². The van der Waals surface area contributed by atoms with Gasteiger partial charge in [0.25, 0.3) is 5.91 Å². The maximum atomic E-state index is 13.3. The smallest absolute Gasteiger partial charge is 0.256 e. The zero-order chi connectivity index (χ0) is 22.1. The zero-order valence-corrected chi connectivity index (χ0v) is 18.6. The van der Waals surface area contributed by atoms with Gasteiger partial charge in [-0.1, -0.05) is 36.4 Å². The van der Waals surface area contributed by atoms with Gasteiger partial charge in [-0.05, 0) is 36.9 Å². The van der Waals surface area contributed by atoms with E-state index in [4.69, 9.17) is 4.98 Å². The molecule has 0 spiro atoms. The first kappa shape index (κ1) is 20.1. The number of nitrogens with zero attached hydrogens (tertiary/aromatic N) is 5. The number of rotatable bonds is 6. The third kappa shape index (κ3) is 3.92. The van der Waals surface area contributed by atoms with Crippen LogP contribution in [-0.2, 0) is 6.54 Å². The molecule has 0 fully saturated rings. The number of hydrogen-bond acceptors (Lipinski definition) is 5. The highest BCUT2D eigenvalue weighted by atomic mass is 32.1. The fraction of sp³-hybridized carbons (Fsp3) is 0.167. The highest BCUT2D eigenvalue weighted by Crippen LogP contribution is 2.29. The van der Waals surface area contributed by atoms with Gasteiger partial charge in [0.05, 0.1) is 46.1 Å². The van der Waals surface area contributed by atoms with Gasteiger partial charge in [-0.2, -0.15) is 10.2 Å². The number of fused-ring (bicyclic) bond motifs is 1. The van der Waals surface area contributed by atoms with Crippen LogP contribution in [0.15, 0.2) is 72.5 Å². The Balaban J connectivity index is 1.47. The Kier molecular flexibility index (Phi) is 5.28. The minimum Gasteiger partial charge on any atom is -0.319 e. The molecular formula is C24H22N6OS. The SMILES string of the molecule is CC(C)n1ncc2c(C(=O)Nc3cnn(Cc4ccccc4)c3)cc(-c3cccs3)nc21. The van der Waals surface area contributed by atoms with Crippen LogP contribution in [0, 0.1) is 0 Å². The number of thiophene rings is 1. The van der Waals surface area contributed by atoms with E-state index in [1.54, 1.807) is 28.4 Å². The van der Waals surface area contributed by atoms with Crippen LogP contribution < -0.4 is 5.32 Å². The van der Waals surface area contributed by atoms with E-state index in [1.165, 1.54) is 0 Å². The molecule has 0 saturated carbocycles. The fourth-order valence-corrected chi connectivity index (χ4v) is 4.30. The van der Waals surface area contributed by atoms with Crippen LogP contribution in [0.25, 0.3) is 21.6 Å². The minimum atomic E-state index is -0.210. The summed E-state index contributed by atoms with van der Waals surface area (Å²) in [7, 11) is 0. The first-order chi connectivity index (χ1) is 15.6. The van der Waals surface area contributed by atoms with Crippen molar-refractivity contribution in [2.75, 3.05) is 5.32 Å². The number of aromatic nitrogens is 5. The predicted molar refractivity (Wildman–Crippen MR) is 127 cm³/mol. The molecule has 0 radical (unpaired) electrons. The van der Waals surface area contributed by atoms with Gasteiger partial charge in [0.1, 0.15) is 0 Å². The summed E-state index contributed by atoms with van der Waals surface area (Å²) < 4.78 is 3.65. The summed E-state index contributed by atoms with van der Waals surface area (Å²) in [5.41, 5.74) is 3.80. The van der Waals surface area contributed by atoms with Gasteiger partial charge in [-0.15, -0.1) is 11.3 Å². The number of benzene rings is 1. The van der Waals surface area contributed by atoms with Crippen molar-refractivity contribution >= 4 is 34.0 Å². The summed E-state index contributed by atoms with van der Waals surface area (Å²) >= 11 is 1.59. The number of carbonyl (C=O) groups excluding carboxylic acids is 1. The Bertz CT molecular complexity index is 1370. The van der Waals surface area contributed by atoms with Crippen molar-refractivity contribution in [3.8, 4) is 10.6 Å². The molecule has 0 saturated heterocycles. The summed E-state index contributed by atoms with van der Waals surface area (Å²) in [4.78, 5) is 19.1. The van der Waals surface area contributed by atoms with Crippen LogP contribution in [0.1, 0.15) is 35.8 Å². The summed E-state index contributed by atoms with van der Waals surface area (Å²) in [6, 6.07) is 16.0. The molecule has 160 valence electrons. The van der Waals surface area contributed by atoms with E-state index < -0.39 is 0 Å². The quantitative estimate of drug-likeness (QED) is 0.390. The molecule has 0 atom stereocenters. The fourth-order valence-electron chi connectivity index (χ4n) is 3.62. The molecule has 1 amide bonds. The number of pyridine rings is 1. The molecule has 0 aliphatic heterocycles. The van der Waals surface area contributed by atoms with Crippen LogP contribution in [0.3, 0.4) is 0 Å². The average Bonchev–Trinajstić information content (AvgIpc) is 3.54. The molecule has 4 heterocycles. The van der Waals surface area contributed by atoms with Gasteiger partial charge < -0.3 is 5.32 Å². The lowest BCUT2D eigenvalue weighted by atomic mass is 10.1. The molecule has 4 aromatic heterocycles. The highest BCUT2D eigenvalue weighted by Gasteiger charge is 2.19. The van der Waals surface area contributed by atoms with Crippen molar-refractivity contribution in [1.29, 1.82) is 0 Å². The van der Waals surface area contributed by atoms with Crippen LogP contribution in [0.5, 0.6) is 0 Å². The summed E-state index contributed by atoms with van der Waals surface area (Å²) in [6.07, 6.45) is 5.21. The van der Waals surface area contributed by atoms with Crippen molar-refractivity contribution in [3.63, 3.8) is 0 Å². The molecule has 8 heteroatoms. The molecular weight excluding hydrogens is 420 g/mol. The normalized spacial score (nSPS) is 11.3. The maximum absolute atomic E-state index is 13.3. The largest absolute Gasteiger partial charge is 0.319 e. The van der Waals surface area contributed by atoms with Crippen LogP contribution in [0.2, 0.25) is 0 Å². The molecule has 5 aromatic rings. The Labute approximate surface area is 189 Å². The van der Waals surface area contributed by atoms with E-state index in [2.05, 4.69) is 15.5 Å². The second-order valence-electron chi connectivity index (χ2n) is 7.82. The van der Waals surface area contributed by atoms with Crippen molar-refractivity contribution < 1.29 is 4.79 Å². The van der Waals surface area contributed by atoms with Crippen LogP contribution in [0.4, 0.5) is 5.69 Å². The van der Waals surface area contributed by atoms with Gasteiger partial charge in [-0.3, -0.25) is 9.48 Å². The van der Waals surface area contributed by atoms with Gasteiger partial charge in [-0.25, -0.2) is 9.67 Å². The predicted octanol–water partition coefficient (Wildman–Crippen LogP) is 5.24. The second kappa shape index (κ2) is 8.39. The topological polar surface area (TPSA) is 77.6 Å². The lowest BCUT2D eigenvalue weighted by Gasteiger charge is -2.10. The maximum Gasteiger partial charge on any atom is 0.256 e. The van der Waals surface area contributed by atoms with Gasteiger partial charge >= 0.3 is 0 Å². The Morgan fingerprint density at radius 1 is 1.09 bits per heavy atom. The Morgan fingerprint density at radius 2 is 1.94 bits per heavy atom. The van der Waals surface area contributed by atoms with E-state index in [1.807, 2.05) is 78.6 Å². The number of amides is 1. The lowest BCUT2D eigenvalue weighted by Crippen LogP contribution is -2.13. The van der Waals surface area contributed by atoms with Crippen molar-refractivity contribution in [3.05, 3.63) is 83.6 Å². The third-order valence-electron chi connectivity index (χ3n) is 5.15. The van der Waals surface area contributed by atoms with E-state index in [0.717, 1.165) is 21.5 Å². The van der Waals surface area contributed by atoms with E-state index in [0.29, 0.717) is 23.4 Å². The molecule has 0 bridgehead atoms. The summed E-state index contributed by atoms with van der Waals surface area (Å²) in [5, 5.41) is 14.6. The van der Waals surface area contributed by atoms with Gasteiger partial charge in [0.15, 0.2) is 5.65 Å². The molecule has 5 rings (SSSR count). The standard InChI is InChI=1S/C24H22N6OS/c1-16(2)30-23-20(13-26-30)19(11-21(28-23)22-9-6-10-32-22)24(31)27-18-12-25-29(15-18)14-17-7-4-3-5-8-17/h3-13,15-16H,14H2,1-2H3,(H,27,31). The lowest BCUT2D eigenvalue weighted by molar-refractivity contribution is 0.102. The van der Waals surface area contributed by atoms with Crippen LogP contribution >= 0.6 is 11.3 Å². The number of carbonyl (C=O) groups is 1. The van der Waals surface area contributed by atoms with E-state index in [9.17, 15) is 4.79 Å². The number of nitrogens with one attached hydrogen (secondary N) is 1. The monoisotopic (exact) mass is 442 g/mol. The highest BCUT2D eigenvalue weighted by molar-refractivity contribution is 7.13. The zero-order valence-electron chi connectivity index (χ0n) is 17.8. The molecule has 0 unspecified atom stereocenters. The summed E-state index contributed by atoms with van der Waals surface area (Å²) in [6.45, 7) is 4.74. The van der Waals surface area contributed by atoms with Gasteiger partial charge in [0, 0.05) is 12.2 Å². The first-order valence-corrected chi connectivity index (χ1v) is 11.3. The molecule has 0 aliphatic carbocycles. The van der Waals surface area contributed by atoms with Gasteiger partial charge in [0.2, 0.25) is 0 Å². The molecule has 1 aromatic carbocycles. The Hall–Kier alpha value is -3.78. The van der Waals surface area contributed by atoms with Crippen molar-refractivity contribution in [2.24, 2.45) is 0 Å².